The molecule has 1 heterocycles. The predicted octanol–water partition coefficient (Wildman–Crippen LogP) is 2.46. The number of amides is 1. The maximum Gasteiger partial charge on any atom is 0.226 e. The summed E-state index contributed by atoms with van der Waals surface area (Å²) in [5, 5.41) is 0. The van der Waals surface area contributed by atoms with Crippen LogP contribution >= 0.6 is 0 Å². The van der Waals surface area contributed by atoms with Crippen LogP contribution in [0.4, 0.5) is 5.69 Å². The second-order valence-electron chi connectivity index (χ2n) is 5.20. The molecule has 106 valence electrons. The van der Waals surface area contributed by atoms with Gasteiger partial charge in [-0.3, -0.25) is 9.59 Å². The predicted molar refractivity (Wildman–Crippen MR) is 79.8 cm³/mol. The molecule has 4 heteroatoms. The summed E-state index contributed by atoms with van der Waals surface area (Å²) >= 11 is 0. The van der Waals surface area contributed by atoms with Gasteiger partial charge in [-0.1, -0.05) is 12.1 Å². The Labute approximate surface area is 119 Å². The molecule has 1 fully saturated rings. The fraction of sp³-hybridized carbons (Fsp3) is 0.375. The Balaban J connectivity index is 2.19. The lowest BCUT2D eigenvalue weighted by Gasteiger charge is -2.27. The highest BCUT2D eigenvalue weighted by atomic mass is 16.2. The SMILES string of the molecule is CN(C)C=CC(=O)c1cccc(N2CCCCC2=O)c1. The van der Waals surface area contributed by atoms with E-state index in [9.17, 15) is 9.59 Å². The fourth-order valence-electron chi connectivity index (χ4n) is 2.22. The maximum atomic E-state index is 12.0. The Morgan fingerprint density at radius 2 is 2.10 bits per heavy atom. The first-order chi connectivity index (χ1) is 9.58. The molecule has 1 saturated heterocycles. The summed E-state index contributed by atoms with van der Waals surface area (Å²) in [7, 11) is 3.74. The standard InChI is InChI=1S/C16H20N2O2/c1-17(2)11-9-15(19)13-6-5-7-14(12-13)18-10-4-3-8-16(18)20/h5-7,9,11-12H,3-4,8,10H2,1-2H3. The van der Waals surface area contributed by atoms with Crippen molar-refractivity contribution in [3.63, 3.8) is 0 Å². The van der Waals surface area contributed by atoms with Crippen LogP contribution in [0, 0.1) is 0 Å². The number of carbonyl (C=O) groups excluding carboxylic acids is 2. The van der Waals surface area contributed by atoms with Crippen LogP contribution in [-0.2, 0) is 4.79 Å². The molecule has 0 radical (unpaired) electrons. The number of ketones is 1. The van der Waals surface area contributed by atoms with Crippen LogP contribution in [0.2, 0.25) is 0 Å². The van der Waals surface area contributed by atoms with Crippen LogP contribution in [-0.4, -0.2) is 37.2 Å². The zero-order chi connectivity index (χ0) is 14.5. The Morgan fingerprint density at radius 1 is 1.30 bits per heavy atom. The van der Waals surface area contributed by atoms with E-state index in [4.69, 9.17) is 0 Å². The Bertz CT molecular complexity index is 535. The Hall–Kier alpha value is -2.10. The van der Waals surface area contributed by atoms with Crippen molar-refractivity contribution < 1.29 is 9.59 Å². The van der Waals surface area contributed by atoms with Crippen molar-refractivity contribution >= 4 is 17.4 Å². The first-order valence-electron chi connectivity index (χ1n) is 6.87. The molecule has 1 aliphatic rings. The molecule has 0 bridgehead atoms. The third-order valence-electron chi connectivity index (χ3n) is 3.29. The highest BCUT2D eigenvalue weighted by Gasteiger charge is 2.20. The van der Waals surface area contributed by atoms with Crippen molar-refractivity contribution in [3.8, 4) is 0 Å². The number of rotatable bonds is 4. The summed E-state index contributed by atoms with van der Waals surface area (Å²) in [5.74, 6) is 0.0923. The number of hydrogen-bond donors (Lipinski definition) is 0. The molecule has 0 atom stereocenters. The van der Waals surface area contributed by atoms with Crippen molar-refractivity contribution in [1.29, 1.82) is 0 Å². The molecule has 1 aliphatic heterocycles. The topological polar surface area (TPSA) is 40.6 Å². The van der Waals surface area contributed by atoms with E-state index >= 15 is 0 Å². The van der Waals surface area contributed by atoms with Gasteiger partial charge in [-0.25, -0.2) is 0 Å². The molecule has 0 spiro atoms. The average Bonchev–Trinajstić information content (AvgIpc) is 2.45. The summed E-state index contributed by atoms with van der Waals surface area (Å²) in [6.07, 6.45) is 5.83. The lowest BCUT2D eigenvalue weighted by molar-refractivity contribution is -0.119. The van der Waals surface area contributed by atoms with Crippen molar-refractivity contribution in [2.45, 2.75) is 19.3 Å². The molecule has 1 aromatic carbocycles. The quantitative estimate of drug-likeness (QED) is 0.624. The Morgan fingerprint density at radius 3 is 2.80 bits per heavy atom. The lowest BCUT2D eigenvalue weighted by Crippen LogP contribution is -2.35. The van der Waals surface area contributed by atoms with Crippen LogP contribution < -0.4 is 4.90 Å². The van der Waals surface area contributed by atoms with E-state index in [1.807, 2.05) is 31.1 Å². The molecule has 4 nitrogen and oxygen atoms in total. The minimum atomic E-state index is -0.0509. The van der Waals surface area contributed by atoms with Gasteiger partial charge in [-0.15, -0.1) is 0 Å². The van der Waals surface area contributed by atoms with Gasteiger partial charge in [0.25, 0.3) is 0 Å². The fourth-order valence-corrected chi connectivity index (χ4v) is 2.22. The van der Waals surface area contributed by atoms with E-state index in [0.29, 0.717) is 12.0 Å². The summed E-state index contributed by atoms with van der Waals surface area (Å²) in [6.45, 7) is 0.740. The number of piperidine rings is 1. The zero-order valence-corrected chi connectivity index (χ0v) is 12.0. The van der Waals surface area contributed by atoms with Gasteiger partial charge in [0.2, 0.25) is 5.91 Å². The maximum absolute atomic E-state index is 12.0. The van der Waals surface area contributed by atoms with Gasteiger partial charge < -0.3 is 9.80 Å². The van der Waals surface area contributed by atoms with E-state index in [0.717, 1.165) is 25.1 Å². The van der Waals surface area contributed by atoms with Crippen molar-refractivity contribution in [2.75, 3.05) is 25.5 Å². The zero-order valence-electron chi connectivity index (χ0n) is 12.0. The minimum absolute atomic E-state index is 0.0509. The summed E-state index contributed by atoms with van der Waals surface area (Å²) in [5.41, 5.74) is 1.43. The van der Waals surface area contributed by atoms with E-state index in [2.05, 4.69) is 0 Å². The van der Waals surface area contributed by atoms with E-state index in [1.165, 1.54) is 6.08 Å². The van der Waals surface area contributed by atoms with Gasteiger partial charge in [0, 0.05) is 50.6 Å². The smallest absolute Gasteiger partial charge is 0.226 e. The molecule has 0 N–H and O–H groups in total. The lowest BCUT2D eigenvalue weighted by atomic mass is 10.1. The first kappa shape index (κ1) is 14.3. The van der Waals surface area contributed by atoms with Gasteiger partial charge in [-0.05, 0) is 25.0 Å². The van der Waals surface area contributed by atoms with Crippen LogP contribution in [0.1, 0.15) is 29.6 Å². The summed E-state index contributed by atoms with van der Waals surface area (Å²) in [4.78, 5) is 27.5. The molecule has 0 aliphatic carbocycles. The number of hydrogen-bond acceptors (Lipinski definition) is 3. The van der Waals surface area contributed by atoms with Crippen LogP contribution in [0.5, 0.6) is 0 Å². The molecular weight excluding hydrogens is 252 g/mol. The van der Waals surface area contributed by atoms with Gasteiger partial charge in [-0.2, -0.15) is 0 Å². The molecule has 20 heavy (non-hydrogen) atoms. The van der Waals surface area contributed by atoms with Crippen LogP contribution in [0.3, 0.4) is 0 Å². The van der Waals surface area contributed by atoms with Gasteiger partial charge >= 0.3 is 0 Å². The highest BCUT2D eigenvalue weighted by Crippen LogP contribution is 2.22. The molecule has 1 aromatic rings. The number of carbonyl (C=O) groups is 2. The molecule has 0 saturated carbocycles. The molecule has 0 aromatic heterocycles. The molecular formula is C16H20N2O2. The van der Waals surface area contributed by atoms with Crippen molar-refractivity contribution in [2.24, 2.45) is 0 Å². The number of nitrogens with zero attached hydrogens (tertiary/aromatic N) is 2. The van der Waals surface area contributed by atoms with E-state index in [-0.39, 0.29) is 11.7 Å². The Kier molecular flexibility index (Phi) is 4.56. The van der Waals surface area contributed by atoms with Crippen molar-refractivity contribution in [1.82, 2.24) is 4.90 Å². The monoisotopic (exact) mass is 272 g/mol. The number of anilines is 1. The van der Waals surface area contributed by atoms with E-state index in [1.54, 1.807) is 23.2 Å². The largest absolute Gasteiger partial charge is 0.383 e. The van der Waals surface area contributed by atoms with Gasteiger partial charge in [0.05, 0.1) is 0 Å². The van der Waals surface area contributed by atoms with Crippen LogP contribution in [0.25, 0.3) is 0 Å². The number of allylic oxidation sites excluding steroid dienone is 1. The van der Waals surface area contributed by atoms with Gasteiger partial charge in [0.1, 0.15) is 0 Å². The second-order valence-corrected chi connectivity index (χ2v) is 5.20. The van der Waals surface area contributed by atoms with Gasteiger partial charge in [0.15, 0.2) is 5.78 Å². The third kappa shape index (κ3) is 3.47. The first-order valence-corrected chi connectivity index (χ1v) is 6.87. The summed E-state index contributed by atoms with van der Waals surface area (Å²) < 4.78 is 0. The third-order valence-corrected chi connectivity index (χ3v) is 3.29. The van der Waals surface area contributed by atoms with E-state index < -0.39 is 0 Å². The normalized spacial score (nSPS) is 15.7. The molecule has 1 amide bonds. The average molecular weight is 272 g/mol. The molecule has 0 unspecified atom stereocenters. The number of benzene rings is 1. The minimum Gasteiger partial charge on any atom is -0.383 e. The summed E-state index contributed by atoms with van der Waals surface area (Å²) in [6, 6.07) is 7.29. The highest BCUT2D eigenvalue weighted by molar-refractivity contribution is 6.05. The van der Waals surface area contributed by atoms with Crippen LogP contribution in [0.15, 0.2) is 36.5 Å². The molecule has 2 rings (SSSR count). The second kappa shape index (κ2) is 6.37. The van der Waals surface area contributed by atoms with Crippen molar-refractivity contribution in [3.05, 3.63) is 42.1 Å².